The van der Waals surface area contributed by atoms with Crippen LogP contribution in [0.1, 0.15) is 30.1 Å². The molecule has 2 heterocycles. The Morgan fingerprint density at radius 3 is 2.81 bits per heavy atom. The number of hydrogen-bond donors (Lipinski definition) is 1. The van der Waals surface area contributed by atoms with Gasteiger partial charge in [-0.05, 0) is 42.5 Å². The summed E-state index contributed by atoms with van der Waals surface area (Å²) in [6.45, 7) is 0. The first kappa shape index (κ1) is 17.1. The van der Waals surface area contributed by atoms with E-state index in [2.05, 4.69) is 22.0 Å². The van der Waals surface area contributed by atoms with Gasteiger partial charge in [-0.3, -0.25) is 9.69 Å². The summed E-state index contributed by atoms with van der Waals surface area (Å²) in [7, 11) is 0. The van der Waals surface area contributed by atoms with Crippen molar-refractivity contribution in [1.82, 2.24) is 0 Å². The minimum absolute atomic E-state index is 0.116. The van der Waals surface area contributed by atoms with Crippen molar-refractivity contribution < 1.29 is 4.79 Å². The summed E-state index contributed by atoms with van der Waals surface area (Å²) >= 11 is 5.05. The number of anilines is 1. The Morgan fingerprint density at radius 1 is 1.27 bits per heavy atom. The molecule has 0 amide bonds. The van der Waals surface area contributed by atoms with E-state index in [1.54, 1.807) is 11.3 Å². The predicted octanol–water partition coefficient (Wildman–Crippen LogP) is 4.82. The van der Waals surface area contributed by atoms with Crippen LogP contribution in [0.15, 0.2) is 68.9 Å². The second-order valence-electron chi connectivity index (χ2n) is 6.31. The van der Waals surface area contributed by atoms with Crippen molar-refractivity contribution in [2.45, 2.75) is 25.2 Å². The Kier molecular flexibility index (Phi) is 4.43. The molecular formula is C20H16BrN3OS. The molecule has 0 bridgehead atoms. The topological polar surface area (TPSA) is 70.1 Å². The zero-order chi connectivity index (χ0) is 18.3. The third-order valence-corrected chi connectivity index (χ3v) is 6.24. The standard InChI is InChI=1S/C20H16BrN3OS/c21-12-4-1-5-13(10-12)24-15-6-2-7-16(25)19(15)18(14(11-22)20(24)23)17-8-3-9-26-17/h1,3-5,8-10,18H,2,6-7,23H2. The number of hydrogen-bond acceptors (Lipinski definition) is 5. The van der Waals surface area contributed by atoms with E-state index in [4.69, 9.17) is 5.73 Å². The number of thiophene rings is 1. The maximum Gasteiger partial charge on any atom is 0.161 e. The predicted molar refractivity (Wildman–Crippen MR) is 106 cm³/mol. The maximum atomic E-state index is 12.9. The van der Waals surface area contributed by atoms with Crippen molar-refractivity contribution in [1.29, 1.82) is 5.26 Å². The number of nitrogens with zero attached hydrogens (tertiary/aromatic N) is 2. The summed E-state index contributed by atoms with van der Waals surface area (Å²) < 4.78 is 0.922. The summed E-state index contributed by atoms with van der Waals surface area (Å²) in [4.78, 5) is 15.8. The van der Waals surface area contributed by atoms with Crippen LogP contribution in [-0.2, 0) is 4.79 Å². The molecule has 2 aliphatic rings. The monoisotopic (exact) mass is 425 g/mol. The fourth-order valence-corrected chi connectivity index (χ4v) is 4.97. The quantitative estimate of drug-likeness (QED) is 0.748. The SMILES string of the molecule is N#CC1=C(N)N(c2cccc(Br)c2)C2=C(C(=O)CCC2)C1c1cccs1. The van der Waals surface area contributed by atoms with Crippen molar-refractivity contribution in [3.05, 3.63) is 73.8 Å². The molecule has 4 rings (SSSR count). The smallest absolute Gasteiger partial charge is 0.161 e. The molecule has 1 unspecified atom stereocenters. The number of nitrogens with two attached hydrogens (primary N) is 1. The van der Waals surface area contributed by atoms with E-state index >= 15 is 0 Å². The molecule has 0 radical (unpaired) electrons. The third-order valence-electron chi connectivity index (χ3n) is 4.81. The Labute approximate surface area is 164 Å². The van der Waals surface area contributed by atoms with Gasteiger partial charge in [0.15, 0.2) is 5.78 Å². The lowest BCUT2D eigenvalue weighted by atomic mass is 9.78. The van der Waals surface area contributed by atoms with Crippen molar-refractivity contribution in [2.24, 2.45) is 5.73 Å². The summed E-state index contributed by atoms with van der Waals surface area (Å²) in [5, 5.41) is 11.8. The number of nitriles is 1. The third kappa shape index (κ3) is 2.68. The van der Waals surface area contributed by atoms with Gasteiger partial charge < -0.3 is 5.73 Å². The minimum atomic E-state index is -0.355. The number of carbonyl (C=O) groups is 1. The number of rotatable bonds is 2. The van der Waals surface area contributed by atoms with E-state index in [-0.39, 0.29) is 11.7 Å². The molecule has 0 fully saturated rings. The molecule has 1 aliphatic heterocycles. The average Bonchev–Trinajstić information content (AvgIpc) is 3.15. The van der Waals surface area contributed by atoms with Gasteiger partial charge in [0.05, 0.1) is 17.6 Å². The van der Waals surface area contributed by atoms with Crippen molar-refractivity contribution in [3.63, 3.8) is 0 Å². The lowest BCUT2D eigenvalue weighted by Gasteiger charge is -2.39. The molecule has 1 aromatic heterocycles. The van der Waals surface area contributed by atoms with Crippen LogP contribution in [0.5, 0.6) is 0 Å². The van der Waals surface area contributed by atoms with Crippen molar-refractivity contribution >= 4 is 38.7 Å². The van der Waals surface area contributed by atoms with Crippen LogP contribution >= 0.6 is 27.3 Å². The van der Waals surface area contributed by atoms with Crippen LogP contribution in [0.4, 0.5) is 5.69 Å². The second-order valence-corrected chi connectivity index (χ2v) is 8.21. The van der Waals surface area contributed by atoms with Gasteiger partial charge in [0.1, 0.15) is 5.82 Å². The average molecular weight is 426 g/mol. The molecule has 0 saturated carbocycles. The summed E-state index contributed by atoms with van der Waals surface area (Å²) in [5.74, 6) is 0.175. The highest BCUT2D eigenvalue weighted by molar-refractivity contribution is 9.10. The fourth-order valence-electron chi connectivity index (χ4n) is 3.74. The van der Waals surface area contributed by atoms with E-state index in [1.165, 1.54) is 0 Å². The first-order valence-electron chi connectivity index (χ1n) is 8.37. The first-order chi connectivity index (χ1) is 12.6. The number of carbonyl (C=O) groups excluding carboxylic acids is 1. The summed E-state index contributed by atoms with van der Waals surface area (Å²) in [6.07, 6.45) is 2.09. The normalized spacial score (nSPS) is 20.2. The second kappa shape index (κ2) is 6.75. The number of allylic oxidation sites excluding steroid dienone is 3. The lowest BCUT2D eigenvalue weighted by molar-refractivity contribution is -0.116. The molecule has 4 nitrogen and oxygen atoms in total. The highest BCUT2D eigenvalue weighted by atomic mass is 79.9. The number of benzene rings is 1. The van der Waals surface area contributed by atoms with Gasteiger partial charge in [-0.25, -0.2) is 0 Å². The van der Waals surface area contributed by atoms with Crippen molar-refractivity contribution in [2.75, 3.05) is 4.90 Å². The fraction of sp³-hybridized carbons (Fsp3) is 0.200. The Morgan fingerprint density at radius 2 is 2.12 bits per heavy atom. The van der Waals surface area contributed by atoms with E-state index < -0.39 is 0 Å². The van der Waals surface area contributed by atoms with Crippen LogP contribution in [0, 0.1) is 11.3 Å². The maximum absolute atomic E-state index is 12.9. The van der Waals surface area contributed by atoms with Gasteiger partial charge in [-0.1, -0.05) is 28.1 Å². The van der Waals surface area contributed by atoms with Gasteiger partial charge in [0.25, 0.3) is 0 Å². The molecular weight excluding hydrogens is 410 g/mol. The molecule has 1 aromatic carbocycles. The van der Waals surface area contributed by atoms with Crippen LogP contribution in [0.2, 0.25) is 0 Å². The molecule has 0 spiro atoms. The molecule has 130 valence electrons. The van der Waals surface area contributed by atoms with E-state index in [0.29, 0.717) is 17.8 Å². The van der Waals surface area contributed by atoms with Gasteiger partial charge in [-0.15, -0.1) is 11.3 Å². The minimum Gasteiger partial charge on any atom is -0.384 e. The van der Waals surface area contributed by atoms with Gasteiger partial charge in [0.2, 0.25) is 0 Å². The summed E-state index contributed by atoms with van der Waals surface area (Å²) in [6, 6.07) is 14.0. The van der Waals surface area contributed by atoms with E-state index in [1.807, 2.05) is 46.7 Å². The highest BCUT2D eigenvalue weighted by Gasteiger charge is 2.40. The van der Waals surface area contributed by atoms with E-state index in [0.717, 1.165) is 39.1 Å². The number of Topliss-reactive ketones (excluding diaryl/α,β-unsaturated/α-hetero) is 1. The van der Waals surface area contributed by atoms with Gasteiger partial charge in [0, 0.05) is 32.7 Å². The molecule has 1 aliphatic carbocycles. The molecule has 2 N–H and O–H groups in total. The van der Waals surface area contributed by atoms with Crippen LogP contribution in [-0.4, -0.2) is 5.78 Å². The Balaban J connectivity index is 1.98. The molecule has 26 heavy (non-hydrogen) atoms. The number of ketones is 1. The first-order valence-corrected chi connectivity index (χ1v) is 10.0. The largest absolute Gasteiger partial charge is 0.384 e. The Hall–Kier alpha value is -2.36. The lowest BCUT2D eigenvalue weighted by Crippen LogP contribution is -2.38. The van der Waals surface area contributed by atoms with Crippen molar-refractivity contribution in [3.8, 4) is 6.07 Å². The van der Waals surface area contributed by atoms with Crippen LogP contribution in [0.3, 0.4) is 0 Å². The van der Waals surface area contributed by atoms with Crippen LogP contribution in [0.25, 0.3) is 0 Å². The molecule has 2 aromatic rings. The highest BCUT2D eigenvalue weighted by Crippen LogP contribution is 2.47. The van der Waals surface area contributed by atoms with Gasteiger partial charge >= 0.3 is 0 Å². The Bertz CT molecular complexity index is 985. The van der Waals surface area contributed by atoms with Gasteiger partial charge in [-0.2, -0.15) is 5.26 Å². The molecule has 1 atom stereocenters. The van der Waals surface area contributed by atoms with E-state index in [9.17, 15) is 10.1 Å². The summed E-state index contributed by atoms with van der Waals surface area (Å²) in [5.41, 5.74) is 9.45. The molecule has 0 saturated heterocycles. The zero-order valence-corrected chi connectivity index (χ0v) is 16.3. The van der Waals surface area contributed by atoms with Crippen LogP contribution < -0.4 is 10.6 Å². The number of halogens is 1. The molecule has 6 heteroatoms. The zero-order valence-electron chi connectivity index (χ0n) is 13.9.